The van der Waals surface area contributed by atoms with Gasteiger partial charge in [0, 0.05) is 0 Å². The molecule has 0 heterocycles. The second-order valence-electron chi connectivity index (χ2n) is 0.804. The number of carbonyl (C=O) groups is 1. The Kier molecular flexibility index (Phi) is 2.42. The van der Waals surface area contributed by atoms with E-state index >= 15 is 0 Å². The lowest BCUT2D eigenvalue weighted by atomic mass is 10.7. The summed E-state index contributed by atoms with van der Waals surface area (Å²) >= 11 is 1.74. The minimum absolute atomic E-state index is 0.476. The zero-order valence-corrected chi connectivity index (χ0v) is 5.18. The molecule has 36 valence electrons. The van der Waals surface area contributed by atoms with Crippen molar-refractivity contribution >= 4 is 28.5 Å². The van der Waals surface area contributed by atoms with Crippen LogP contribution in [0.15, 0.2) is 0 Å². The third kappa shape index (κ3) is 2.40. The molecule has 0 aliphatic heterocycles. The van der Waals surface area contributed by atoms with E-state index in [1.165, 1.54) is 0 Å². The highest BCUT2D eigenvalue weighted by molar-refractivity contribution is 14.1. The van der Waals surface area contributed by atoms with Crippen LogP contribution in [0.1, 0.15) is 0 Å². The summed E-state index contributed by atoms with van der Waals surface area (Å²) in [5, 5.41) is 0. The number of carbonyl (C=O) groups excluding carboxylic acids is 1. The van der Waals surface area contributed by atoms with E-state index in [9.17, 15) is 4.79 Å². The van der Waals surface area contributed by atoms with Crippen molar-refractivity contribution in [2.45, 2.75) is 4.05 Å². The topological polar surface area (TPSA) is 69.1 Å². The summed E-state index contributed by atoms with van der Waals surface area (Å²) in [4.78, 5) is 9.79. The van der Waals surface area contributed by atoms with Gasteiger partial charge in [0.25, 0.3) is 0 Å². The normalized spacial score (nSPS) is 13.7. The van der Waals surface area contributed by atoms with Crippen LogP contribution in [0, 0.1) is 0 Å². The van der Waals surface area contributed by atoms with Crippen LogP contribution in [-0.2, 0) is 4.79 Å². The van der Waals surface area contributed by atoms with Crippen LogP contribution in [0.4, 0.5) is 0 Å². The minimum Gasteiger partial charge on any atom is -0.368 e. The highest BCUT2D eigenvalue weighted by Crippen LogP contribution is 1.85. The molecule has 0 aliphatic rings. The van der Waals surface area contributed by atoms with Crippen molar-refractivity contribution in [2.24, 2.45) is 11.5 Å². The molecule has 0 aliphatic carbocycles. The van der Waals surface area contributed by atoms with Gasteiger partial charge in [-0.1, -0.05) is 22.6 Å². The van der Waals surface area contributed by atoms with E-state index in [-0.39, 0.29) is 0 Å². The molecule has 4 N–H and O–H groups in total. The Morgan fingerprint density at radius 2 is 2.00 bits per heavy atom. The summed E-state index contributed by atoms with van der Waals surface area (Å²) in [6.07, 6.45) is 0. The summed E-state index contributed by atoms with van der Waals surface area (Å²) in [6, 6.07) is 0. The first-order chi connectivity index (χ1) is 2.64. The number of nitrogens with two attached hydrogens (primary N) is 2. The Bertz CT molecular complexity index is 62.6. The summed E-state index contributed by atoms with van der Waals surface area (Å²) in [6.45, 7) is 0. The van der Waals surface area contributed by atoms with Crippen molar-refractivity contribution in [3.8, 4) is 0 Å². The predicted molar refractivity (Wildman–Crippen MR) is 31.2 cm³/mol. The summed E-state index contributed by atoms with van der Waals surface area (Å²) in [5.74, 6) is -0.476. The smallest absolute Gasteiger partial charge is 0.244 e. The van der Waals surface area contributed by atoms with Gasteiger partial charge in [0.05, 0.1) is 0 Å². The molecule has 0 saturated heterocycles. The van der Waals surface area contributed by atoms with Crippen molar-refractivity contribution in [2.75, 3.05) is 0 Å². The quantitative estimate of drug-likeness (QED) is 0.330. The lowest BCUT2D eigenvalue weighted by Gasteiger charge is -1.89. The van der Waals surface area contributed by atoms with Crippen LogP contribution in [-0.4, -0.2) is 9.96 Å². The number of primary amides is 1. The first-order valence-electron chi connectivity index (χ1n) is 1.33. The third-order valence-electron chi connectivity index (χ3n) is 0.272. The summed E-state index contributed by atoms with van der Waals surface area (Å²) in [5.41, 5.74) is 9.61. The van der Waals surface area contributed by atoms with Crippen molar-refractivity contribution in [3.63, 3.8) is 0 Å². The Morgan fingerprint density at radius 3 is 2.00 bits per heavy atom. The van der Waals surface area contributed by atoms with Gasteiger partial charge in [0.1, 0.15) is 4.05 Å². The van der Waals surface area contributed by atoms with Crippen LogP contribution in [0.2, 0.25) is 0 Å². The Balaban J connectivity index is 3.26. The van der Waals surface area contributed by atoms with Crippen LogP contribution < -0.4 is 11.5 Å². The van der Waals surface area contributed by atoms with Gasteiger partial charge in [0.15, 0.2) is 0 Å². The van der Waals surface area contributed by atoms with E-state index in [0.717, 1.165) is 0 Å². The second kappa shape index (κ2) is 2.35. The van der Waals surface area contributed by atoms with Gasteiger partial charge in [-0.25, -0.2) is 0 Å². The Morgan fingerprint density at radius 1 is 1.83 bits per heavy atom. The molecule has 0 aromatic rings. The van der Waals surface area contributed by atoms with Gasteiger partial charge < -0.3 is 11.5 Å². The van der Waals surface area contributed by atoms with E-state index in [1.54, 1.807) is 22.6 Å². The molecule has 0 spiro atoms. The Hall–Kier alpha value is 0.160. The molecule has 0 aromatic carbocycles. The van der Waals surface area contributed by atoms with Crippen LogP contribution in [0.5, 0.6) is 0 Å². The minimum atomic E-state index is -0.539. The maximum Gasteiger partial charge on any atom is 0.244 e. The molecule has 3 nitrogen and oxygen atoms in total. The standard InChI is InChI=1S/C2H5IN2O/c3-1(4)2(5)6/h1H,4H2,(H2,5,6). The maximum absolute atomic E-state index is 9.79. The van der Waals surface area contributed by atoms with Crippen LogP contribution in [0.25, 0.3) is 0 Å². The lowest BCUT2D eigenvalue weighted by Crippen LogP contribution is -2.30. The zero-order chi connectivity index (χ0) is 5.15. The van der Waals surface area contributed by atoms with E-state index in [4.69, 9.17) is 5.73 Å². The van der Waals surface area contributed by atoms with Gasteiger partial charge in [0.2, 0.25) is 5.91 Å². The molecular formula is C2H5IN2O. The van der Waals surface area contributed by atoms with E-state index in [1.807, 2.05) is 0 Å². The second-order valence-corrected chi connectivity index (χ2v) is 2.15. The molecular weight excluding hydrogens is 195 g/mol. The number of alkyl halides is 1. The van der Waals surface area contributed by atoms with Crippen molar-refractivity contribution < 1.29 is 4.79 Å². The number of hydrogen-bond acceptors (Lipinski definition) is 2. The SMILES string of the molecule is NC(=O)C(N)I. The van der Waals surface area contributed by atoms with Gasteiger partial charge in [-0.15, -0.1) is 0 Å². The third-order valence-corrected chi connectivity index (χ3v) is 0.886. The van der Waals surface area contributed by atoms with Crippen molar-refractivity contribution in [3.05, 3.63) is 0 Å². The van der Waals surface area contributed by atoms with Crippen LogP contribution >= 0.6 is 22.6 Å². The van der Waals surface area contributed by atoms with Gasteiger partial charge in [-0.3, -0.25) is 4.79 Å². The maximum atomic E-state index is 9.79. The van der Waals surface area contributed by atoms with E-state index in [0.29, 0.717) is 0 Å². The molecule has 1 amide bonds. The number of halogens is 1. The molecule has 6 heavy (non-hydrogen) atoms. The van der Waals surface area contributed by atoms with Gasteiger partial charge in [-0.05, 0) is 0 Å². The van der Waals surface area contributed by atoms with Crippen molar-refractivity contribution in [1.29, 1.82) is 0 Å². The zero-order valence-electron chi connectivity index (χ0n) is 3.02. The molecule has 0 bridgehead atoms. The number of amides is 1. The molecule has 1 unspecified atom stereocenters. The van der Waals surface area contributed by atoms with Crippen LogP contribution in [0.3, 0.4) is 0 Å². The highest BCUT2D eigenvalue weighted by Gasteiger charge is 1.98. The number of hydrogen-bond donors (Lipinski definition) is 2. The monoisotopic (exact) mass is 200 g/mol. The first kappa shape index (κ1) is 6.16. The van der Waals surface area contributed by atoms with Gasteiger partial charge >= 0.3 is 0 Å². The molecule has 0 rings (SSSR count). The Labute approximate surface area is 49.2 Å². The molecule has 0 radical (unpaired) electrons. The summed E-state index contributed by atoms with van der Waals surface area (Å²) < 4.78 is -0.539. The average Bonchev–Trinajstić information content (AvgIpc) is 1.36. The fourth-order valence-electron chi connectivity index (χ4n) is 0. The molecule has 0 fully saturated rings. The predicted octanol–water partition coefficient (Wildman–Crippen LogP) is -0.809. The van der Waals surface area contributed by atoms with Crippen molar-refractivity contribution in [1.82, 2.24) is 0 Å². The molecule has 0 saturated carbocycles. The molecule has 0 aromatic heterocycles. The first-order valence-corrected chi connectivity index (χ1v) is 2.58. The van der Waals surface area contributed by atoms with Gasteiger partial charge in [-0.2, -0.15) is 0 Å². The largest absolute Gasteiger partial charge is 0.368 e. The molecule has 4 heteroatoms. The van der Waals surface area contributed by atoms with E-state index in [2.05, 4.69) is 5.73 Å². The summed E-state index contributed by atoms with van der Waals surface area (Å²) in [7, 11) is 0. The highest BCUT2D eigenvalue weighted by atomic mass is 127. The lowest BCUT2D eigenvalue weighted by molar-refractivity contribution is -0.117. The molecule has 1 atom stereocenters. The number of rotatable bonds is 1. The average molecular weight is 200 g/mol. The fraction of sp³-hybridized carbons (Fsp3) is 0.500. The fourth-order valence-corrected chi connectivity index (χ4v) is 0. The van der Waals surface area contributed by atoms with E-state index < -0.39 is 9.96 Å².